The van der Waals surface area contributed by atoms with Crippen LogP contribution in [0.1, 0.15) is 18.1 Å². The van der Waals surface area contributed by atoms with E-state index >= 15 is 0 Å². The van der Waals surface area contributed by atoms with Crippen molar-refractivity contribution >= 4 is 23.6 Å². The highest BCUT2D eigenvalue weighted by atomic mass is 16.5. The Balaban J connectivity index is 2.67. The Bertz CT molecular complexity index is 793. The molecule has 2 rings (SSSR count). The molecule has 1 N–H and O–H groups in total. The van der Waals surface area contributed by atoms with E-state index < -0.39 is 11.9 Å². The molecule has 0 aliphatic heterocycles. The Kier molecular flexibility index (Phi) is 5.63. The van der Waals surface area contributed by atoms with E-state index in [0.29, 0.717) is 11.1 Å². The SMILES string of the molecule is COC(=O)C(/C(=C\c1ccncc1)C(=O)O)=C(\C)c1ccccc1. The first-order chi connectivity index (χ1) is 11.5. The molecule has 1 aromatic heterocycles. The zero-order valence-corrected chi connectivity index (χ0v) is 13.4. The number of esters is 1. The third-order valence-electron chi connectivity index (χ3n) is 3.49. The van der Waals surface area contributed by atoms with Crippen LogP contribution < -0.4 is 0 Å². The van der Waals surface area contributed by atoms with Crippen LogP contribution in [0.4, 0.5) is 0 Å². The average Bonchev–Trinajstić information content (AvgIpc) is 2.62. The van der Waals surface area contributed by atoms with Crippen LogP contribution in [-0.2, 0) is 14.3 Å². The molecule has 5 heteroatoms. The van der Waals surface area contributed by atoms with Gasteiger partial charge < -0.3 is 9.84 Å². The van der Waals surface area contributed by atoms with Crippen molar-refractivity contribution in [3.05, 3.63) is 77.1 Å². The predicted molar refractivity (Wildman–Crippen MR) is 90.9 cm³/mol. The number of carboxylic acids is 1. The number of nitrogens with zero attached hydrogens (tertiary/aromatic N) is 1. The maximum absolute atomic E-state index is 12.3. The van der Waals surface area contributed by atoms with Crippen LogP contribution in [0.3, 0.4) is 0 Å². The minimum Gasteiger partial charge on any atom is -0.478 e. The van der Waals surface area contributed by atoms with Gasteiger partial charge in [-0.1, -0.05) is 30.3 Å². The number of methoxy groups -OCH3 is 1. The summed E-state index contributed by atoms with van der Waals surface area (Å²) in [5.74, 6) is -1.90. The van der Waals surface area contributed by atoms with E-state index in [1.165, 1.54) is 13.2 Å². The Labute approximate surface area is 139 Å². The molecular weight excluding hydrogens is 306 g/mol. The summed E-state index contributed by atoms with van der Waals surface area (Å²) in [5.41, 5.74) is 1.80. The van der Waals surface area contributed by atoms with Gasteiger partial charge in [0.25, 0.3) is 0 Å². The van der Waals surface area contributed by atoms with E-state index in [4.69, 9.17) is 4.74 Å². The fourth-order valence-corrected chi connectivity index (χ4v) is 2.27. The Morgan fingerprint density at radius 2 is 1.71 bits per heavy atom. The average molecular weight is 323 g/mol. The molecular formula is C19H17NO4. The lowest BCUT2D eigenvalue weighted by Crippen LogP contribution is -2.15. The van der Waals surface area contributed by atoms with Gasteiger partial charge in [-0.25, -0.2) is 9.59 Å². The minimum atomic E-state index is -1.21. The van der Waals surface area contributed by atoms with Crippen LogP contribution in [0.2, 0.25) is 0 Å². The number of ether oxygens (including phenoxy) is 1. The Morgan fingerprint density at radius 1 is 1.08 bits per heavy atom. The molecule has 0 amide bonds. The van der Waals surface area contributed by atoms with Crippen LogP contribution in [0.5, 0.6) is 0 Å². The number of allylic oxidation sites excluding steroid dienone is 1. The normalized spacial score (nSPS) is 12.3. The molecule has 0 atom stereocenters. The lowest BCUT2D eigenvalue weighted by molar-refractivity contribution is -0.138. The van der Waals surface area contributed by atoms with E-state index in [0.717, 1.165) is 5.56 Å². The molecule has 0 fully saturated rings. The van der Waals surface area contributed by atoms with Gasteiger partial charge in [0.15, 0.2) is 0 Å². The Morgan fingerprint density at radius 3 is 2.25 bits per heavy atom. The van der Waals surface area contributed by atoms with Crippen molar-refractivity contribution in [2.45, 2.75) is 6.92 Å². The van der Waals surface area contributed by atoms with E-state index in [9.17, 15) is 14.7 Å². The zero-order valence-electron chi connectivity index (χ0n) is 13.4. The van der Waals surface area contributed by atoms with Crippen molar-refractivity contribution in [1.29, 1.82) is 0 Å². The van der Waals surface area contributed by atoms with E-state index in [-0.39, 0.29) is 11.1 Å². The van der Waals surface area contributed by atoms with Gasteiger partial charge in [0.2, 0.25) is 0 Å². The number of aliphatic carboxylic acids is 1. The summed E-state index contributed by atoms with van der Waals surface area (Å²) in [6, 6.07) is 12.4. The molecule has 5 nitrogen and oxygen atoms in total. The standard InChI is InChI=1S/C19H17NO4/c1-13(15-6-4-3-5-7-15)17(19(23)24-2)16(18(21)22)12-14-8-10-20-11-9-14/h3-12H,1-2H3,(H,21,22)/b16-12+,17-13+. The molecule has 1 aromatic carbocycles. The second kappa shape index (κ2) is 7.87. The quantitative estimate of drug-likeness (QED) is 0.519. The number of rotatable bonds is 5. The second-order valence-electron chi connectivity index (χ2n) is 5.00. The van der Waals surface area contributed by atoms with E-state index in [2.05, 4.69) is 4.98 Å². The monoisotopic (exact) mass is 323 g/mol. The number of benzene rings is 1. The molecule has 0 spiro atoms. The number of hydrogen-bond acceptors (Lipinski definition) is 4. The Hall–Kier alpha value is -3.21. The highest BCUT2D eigenvalue weighted by molar-refractivity contribution is 6.13. The van der Waals surface area contributed by atoms with Crippen LogP contribution in [0.25, 0.3) is 11.6 Å². The third-order valence-corrected chi connectivity index (χ3v) is 3.49. The summed E-state index contributed by atoms with van der Waals surface area (Å²) in [5, 5.41) is 9.62. The van der Waals surface area contributed by atoms with E-state index in [1.54, 1.807) is 31.5 Å². The smallest absolute Gasteiger partial charge is 0.339 e. The van der Waals surface area contributed by atoms with Gasteiger partial charge in [0.05, 0.1) is 18.3 Å². The van der Waals surface area contributed by atoms with Crippen molar-refractivity contribution in [1.82, 2.24) is 4.98 Å². The number of hydrogen-bond donors (Lipinski definition) is 1. The number of carbonyl (C=O) groups excluding carboxylic acids is 1. The molecule has 0 saturated carbocycles. The van der Waals surface area contributed by atoms with Crippen molar-refractivity contribution in [2.75, 3.05) is 7.11 Å². The minimum absolute atomic E-state index is 0.0213. The molecule has 1 heterocycles. The highest BCUT2D eigenvalue weighted by Gasteiger charge is 2.24. The summed E-state index contributed by atoms with van der Waals surface area (Å²) < 4.78 is 4.81. The molecule has 0 saturated heterocycles. The molecule has 0 aliphatic rings. The number of carbonyl (C=O) groups is 2. The largest absolute Gasteiger partial charge is 0.478 e. The fourth-order valence-electron chi connectivity index (χ4n) is 2.27. The van der Waals surface area contributed by atoms with Gasteiger partial charge in [-0.05, 0) is 41.8 Å². The summed E-state index contributed by atoms with van der Waals surface area (Å²) in [6.45, 7) is 1.70. The molecule has 0 aliphatic carbocycles. The molecule has 0 unspecified atom stereocenters. The summed E-state index contributed by atoms with van der Waals surface area (Å²) in [7, 11) is 1.23. The van der Waals surface area contributed by atoms with Gasteiger partial charge in [0.1, 0.15) is 0 Å². The number of aromatic nitrogens is 1. The van der Waals surface area contributed by atoms with Crippen LogP contribution in [0, 0.1) is 0 Å². The molecule has 122 valence electrons. The number of carboxylic acid groups (broad SMARTS) is 1. The zero-order chi connectivity index (χ0) is 17.5. The van der Waals surface area contributed by atoms with Crippen molar-refractivity contribution in [2.24, 2.45) is 0 Å². The lowest BCUT2D eigenvalue weighted by Gasteiger charge is -2.12. The first kappa shape index (κ1) is 17.1. The molecule has 2 aromatic rings. The lowest BCUT2D eigenvalue weighted by atomic mass is 9.94. The van der Waals surface area contributed by atoms with Gasteiger partial charge in [-0.3, -0.25) is 4.98 Å². The van der Waals surface area contributed by atoms with E-state index in [1.807, 2.05) is 30.3 Å². The summed E-state index contributed by atoms with van der Waals surface area (Å²) in [4.78, 5) is 27.9. The molecule has 0 radical (unpaired) electrons. The summed E-state index contributed by atoms with van der Waals surface area (Å²) >= 11 is 0. The highest BCUT2D eigenvalue weighted by Crippen LogP contribution is 2.26. The van der Waals surface area contributed by atoms with Gasteiger partial charge in [-0.15, -0.1) is 0 Å². The van der Waals surface area contributed by atoms with Crippen LogP contribution in [-0.4, -0.2) is 29.1 Å². The fraction of sp³-hybridized carbons (Fsp3) is 0.105. The number of pyridine rings is 1. The summed E-state index contributed by atoms with van der Waals surface area (Å²) in [6.07, 6.45) is 4.54. The first-order valence-electron chi connectivity index (χ1n) is 7.24. The van der Waals surface area contributed by atoms with Crippen molar-refractivity contribution in [3.63, 3.8) is 0 Å². The first-order valence-corrected chi connectivity index (χ1v) is 7.24. The van der Waals surface area contributed by atoms with Crippen LogP contribution >= 0.6 is 0 Å². The van der Waals surface area contributed by atoms with Crippen molar-refractivity contribution < 1.29 is 19.4 Å². The second-order valence-corrected chi connectivity index (χ2v) is 5.00. The van der Waals surface area contributed by atoms with Gasteiger partial charge in [0, 0.05) is 12.4 Å². The topological polar surface area (TPSA) is 76.5 Å². The van der Waals surface area contributed by atoms with Gasteiger partial charge >= 0.3 is 11.9 Å². The molecule has 24 heavy (non-hydrogen) atoms. The third kappa shape index (κ3) is 3.95. The van der Waals surface area contributed by atoms with Crippen molar-refractivity contribution in [3.8, 4) is 0 Å². The van der Waals surface area contributed by atoms with Crippen LogP contribution in [0.15, 0.2) is 66.0 Å². The molecule has 0 bridgehead atoms. The maximum Gasteiger partial charge on any atom is 0.339 e. The predicted octanol–water partition coefficient (Wildman–Crippen LogP) is 3.20. The van der Waals surface area contributed by atoms with Gasteiger partial charge in [-0.2, -0.15) is 0 Å². The maximum atomic E-state index is 12.3.